The maximum Gasteiger partial charge on any atom is 0.270 e. The van der Waals surface area contributed by atoms with E-state index in [1.807, 2.05) is 0 Å². The van der Waals surface area contributed by atoms with Gasteiger partial charge in [-0.1, -0.05) is 6.92 Å². The smallest absolute Gasteiger partial charge is 0.270 e. The molecule has 0 spiro atoms. The molecular formula is C18H24N4O2. The molecule has 0 aromatic heterocycles. The van der Waals surface area contributed by atoms with Crippen molar-refractivity contribution in [2.75, 3.05) is 31.1 Å². The van der Waals surface area contributed by atoms with Crippen LogP contribution in [-0.2, 0) is 0 Å². The molecule has 0 unspecified atom stereocenters. The van der Waals surface area contributed by atoms with Crippen molar-refractivity contribution in [2.24, 2.45) is 5.92 Å². The van der Waals surface area contributed by atoms with Gasteiger partial charge in [-0.2, -0.15) is 5.26 Å². The molecule has 1 aromatic carbocycles. The van der Waals surface area contributed by atoms with Gasteiger partial charge in [0.05, 0.1) is 16.2 Å². The van der Waals surface area contributed by atoms with Crippen LogP contribution in [0.15, 0.2) is 18.2 Å². The van der Waals surface area contributed by atoms with Crippen molar-refractivity contribution in [3.8, 4) is 6.07 Å². The van der Waals surface area contributed by atoms with Gasteiger partial charge in [-0.15, -0.1) is 0 Å². The normalized spacial score (nSPS) is 25.2. The number of nitro benzene ring substituents is 1. The van der Waals surface area contributed by atoms with E-state index < -0.39 is 4.92 Å². The summed E-state index contributed by atoms with van der Waals surface area (Å²) in [6, 6.07) is 7.40. The highest BCUT2D eigenvalue weighted by Gasteiger charge is 2.28. The maximum atomic E-state index is 10.9. The van der Waals surface area contributed by atoms with Gasteiger partial charge in [0.2, 0.25) is 0 Å². The zero-order valence-corrected chi connectivity index (χ0v) is 14.1. The molecule has 1 saturated heterocycles. The number of hydrogen-bond donors (Lipinski definition) is 0. The molecule has 6 heteroatoms. The van der Waals surface area contributed by atoms with Crippen LogP contribution in [-0.4, -0.2) is 42.0 Å². The van der Waals surface area contributed by atoms with Crippen molar-refractivity contribution < 1.29 is 4.92 Å². The standard InChI is InChI=1S/C18H24N4O2/c1-14-2-4-16(5-3-14)20-8-10-21(11-9-20)18-7-6-17(22(23)24)12-15(18)13-19/h6-7,12,14,16H,2-5,8-11H2,1H3. The van der Waals surface area contributed by atoms with Gasteiger partial charge in [-0.25, -0.2) is 0 Å². The van der Waals surface area contributed by atoms with Crippen LogP contribution in [0.5, 0.6) is 0 Å². The minimum atomic E-state index is -0.452. The zero-order chi connectivity index (χ0) is 17.1. The topological polar surface area (TPSA) is 73.4 Å². The maximum absolute atomic E-state index is 10.9. The summed E-state index contributed by atoms with van der Waals surface area (Å²) >= 11 is 0. The molecule has 0 N–H and O–H groups in total. The Hall–Kier alpha value is -2.13. The Morgan fingerprint density at radius 2 is 1.83 bits per heavy atom. The second-order valence-electron chi connectivity index (χ2n) is 7.01. The van der Waals surface area contributed by atoms with Crippen molar-refractivity contribution >= 4 is 11.4 Å². The lowest BCUT2D eigenvalue weighted by atomic mass is 9.86. The van der Waals surface area contributed by atoms with E-state index in [0.717, 1.165) is 37.8 Å². The SMILES string of the molecule is CC1CCC(N2CCN(c3ccc([N+](=O)[O-])cc3C#N)CC2)CC1. The Labute approximate surface area is 142 Å². The number of nitrogens with zero attached hydrogens (tertiary/aromatic N) is 4. The van der Waals surface area contributed by atoms with Crippen LogP contribution in [0, 0.1) is 27.4 Å². The first-order valence-corrected chi connectivity index (χ1v) is 8.76. The number of hydrogen-bond acceptors (Lipinski definition) is 5. The van der Waals surface area contributed by atoms with Gasteiger partial charge in [0, 0.05) is 44.4 Å². The molecule has 0 atom stereocenters. The van der Waals surface area contributed by atoms with E-state index in [1.165, 1.54) is 37.8 Å². The van der Waals surface area contributed by atoms with Crippen LogP contribution >= 0.6 is 0 Å². The summed E-state index contributed by atoms with van der Waals surface area (Å²) in [5.41, 5.74) is 1.19. The fourth-order valence-electron chi connectivity index (χ4n) is 3.94. The van der Waals surface area contributed by atoms with Crippen molar-refractivity contribution in [1.29, 1.82) is 5.26 Å². The predicted molar refractivity (Wildman–Crippen MR) is 93.0 cm³/mol. The number of piperazine rings is 1. The van der Waals surface area contributed by atoms with Crippen LogP contribution in [0.2, 0.25) is 0 Å². The first-order valence-electron chi connectivity index (χ1n) is 8.76. The first kappa shape index (κ1) is 16.7. The van der Waals surface area contributed by atoms with Crippen molar-refractivity contribution in [1.82, 2.24) is 4.90 Å². The van der Waals surface area contributed by atoms with Crippen molar-refractivity contribution in [2.45, 2.75) is 38.6 Å². The summed E-state index contributed by atoms with van der Waals surface area (Å²) in [6.45, 7) is 6.09. The molecule has 0 bridgehead atoms. The van der Waals surface area contributed by atoms with Gasteiger partial charge in [0.25, 0.3) is 5.69 Å². The summed E-state index contributed by atoms with van der Waals surface area (Å²) < 4.78 is 0. The lowest BCUT2D eigenvalue weighted by Gasteiger charge is -2.42. The van der Waals surface area contributed by atoms with E-state index in [2.05, 4.69) is 22.8 Å². The van der Waals surface area contributed by atoms with Crippen LogP contribution in [0.1, 0.15) is 38.2 Å². The molecule has 0 radical (unpaired) electrons. The van der Waals surface area contributed by atoms with E-state index in [9.17, 15) is 15.4 Å². The molecule has 6 nitrogen and oxygen atoms in total. The molecule has 128 valence electrons. The first-order chi connectivity index (χ1) is 11.6. The molecule has 0 amide bonds. The Balaban J connectivity index is 1.64. The van der Waals surface area contributed by atoms with Gasteiger partial charge in [-0.05, 0) is 37.7 Å². The highest BCUT2D eigenvalue weighted by atomic mass is 16.6. The van der Waals surface area contributed by atoms with Gasteiger partial charge in [-0.3, -0.25) is 15.0 Å². The quantitative estimate of drug-likeness (QED) is 0.629. The predicted octanol–water partition coefficient (Wildman–Crippen LogP) is 3.17. The molecule has 1 saturated carbocycles. The Morgan fingerprint density at radius 3 is 2.42 bits per heavy atom. The fraction of sp³-hybridized carbons (Fsp3) is 0.611. The summed E-state index contributed by atoms with van der Waals surface area (Å²) in [5, 5.41) is 20.2. The Kier molecular flexibility index (Phi) is 5.00. The van der Waals surface area contributed by atoms with E-state index >= 15 is 0 Å². The summed E-state index contributed by atoms with van der Waals surface area (Å²) in [6.07, 6.45) is 5.24. The van der Waals surface area contributed by atoms with Gasteiger partial charge < -0.3 is 4.90 Å². The zero-order valence-electron chi connectivity index (χ0n) is 14.1. The lowest BCUT2D eigenvalue weighted by molar-refractivity contribution is -0.384. The molecule has 2 fully saturated rings. The third-order valence-electron chi connectivity index (χ3n) is 5.47. The molecule has 1 heterocycles. The van der Waals surface area contributed by atoms with Gasteiger partial charge in [0.1, 0.15) is 6.07 Å². The lowest BCUT2D eigenvalue weighted by Crippen LogP contribution is -2.51. The number of anilines is 1. The minimum absolute atomic E-state index is 0.0229. The van der Waals surface area contributed by atoms with E-state index in [4.69, 9.17) is 0 Å². The Bertz CT molecular complexity index is 639. The van der Waals surface area contributed by atoms with Gasteiger partial charge >= 0.3 is 0 Å². The molecule has 1 aromatic rings. The van der Waals surface area contributed by atoms with Gasteiger partial charge in [0.15, 0.2) is 0 Å². The van der Waals surface area contributed by atoms with E-state index in [1.54, 1.807) is 6.07 Å². The number of nitriles is 1. The van der Waals surface area contributed by atoms with Crippen LogP contribution in [0.3, 0.4) is 0 Å². The average Bonchev–Trinajstić information content (AvgIpc) is 2.62. The van der Waals surface area contributed by atoms with Crippen LogP contribution < -0.4 is 4.90 Å². The number of rotatable bonds is 3. The van der Waals surface area contributed by atoms with E-state index in [-0.39, 0.29) is 5.69 Å². The second kappa shape index (κ2) is 7.18. The molecule has 24 heavy (non-hydrogen) atoms. The Morgan fingerprint density at radius 1 is 1.17 bits per heavy atom. The molecular weight excluding hydrogens is 304 g/mol. The molecule has 1 aliphatic heterocycles. The number of benzene rings is 1. The van der Waals surface area contributed by atoms with Crippen molar-refractivity contribution in [3.05, 3.63) is 33.9 Å². The number of nitro groups is 1. The summed E-state index contributed by atoms with van der Waals surface area (Å²) in [7, 11) is 0. The average molecular weight is 328 g/mol. The fourth-order valence-corrected chi connectivity index (χ4v) is 3.94. The highest BCUT2D eigenvalue weighted by molar-refractivity contribution is 5.63. The summed E-state index contributed by atoms with van der Waals surface area (Å²) in [4.78, 5) is 15.2. The van der Waals surface area contributed by atoms with Crippen molar-refractivity contribution in [3.63, 3.8) is 0 Å². The number of non-ortho nitro benzene ring substituents is 1. The van der Waals surface area contributed by atoms with Crippen LogP contribution in [0.25, 0.3) is 0 Å². The molecule has 2 aliphatic rings. The highest BCUT2D eigenvalue weighted by Crippen LogP contribution is 2.30. The third-order valence-corrected chi connectivity index (χ3v) is 5.47. The second-order valence-corrected chi connectivity index (χ2v) is 7.01. The van der Waals surface area contributed by atoms with E-state index in [0.29, 0.717) is 11.6 Å². The minimum Gasteiger partial charge on any atom is -0.368 e. The monoisotopic (exact) mass is 328 g/mol. The molecule has 1 aliphatic carbocycles. The third kappa shape index (κ3) is 3.51. The largest absolute Gasteiger partial charge is 0.368 e. The molecule has 3 rings (SSSR count). The van der Waals surface area contributed by atoms with Crippen LogP contribution in [0.4, 0.5) is 11.4 Å². The summed E-state index contributed by atoms with van der Waals surface area (Å²) in [5.74, 6) is 0.862.